The molecule has 3 nitrogen and oxygen atoms in total. The van der Waals surface area contributed by atoms with E-state index in [0.717, 1.165) is 38.5 Å². The molecule has 0 spiro atoms. The summed E-state index contributed by atoms with van der Waals surface area (Å²) in [5.41, 5.74) is -0.0922. The zero-order valence-electron chi connectivity index (χ0n) is 13.8. The van der Waals surface area contributed by atoms with Crippen LogP contribution in [0.2, 0.25) is 0 Å². The van der Waals surface area contributed by atoms with Crippen molar-refractivity contribution in [3.63, 3.8) is 0 Å². The topological polar surface area (TPSA) is 54.4 Å². The molecule has 0 radical (unpaired) electrons. The number of Topliss-reactive ketones (excluding diaryl/α,β-unsaturated/α-hetero) is 2. The van der Waals surface area contributed by atoms with Gasteiger partial charge in [0.1, 0.15) is 11.6 Å². The third kappa shape index (κ3) is 1.78. The molecule has 4 rings (SSSR count). The molecule has 0 aliphatic heterocycles. The molecule has 0 aromatic heterocycles. The minimum absolute atomic E-state index is 0.0546. The number of fused-ring (bicyclic) bond motifs is 5. The van der Waals surface area contributed by atoms with Gasteiger partial charge in [0.15, 0.2) is 0 Å². The summed E-state index contributed by atoms with van der Waals surface area (Å²) in [7, 11) is 0. The molecule has 0 aromatic rings. The van der Waals surface area contributed by atoms with Crippen LogP contribution in [0.4, 0.5) is 0 Å². The molecular weight excluding hydrogens is 276 g/mol. The van der Waals surface area contributed by atoms with Crippen LogP contribution in [-0.4, -0.2) is 22.8 Å². The van der Waals surface area contributed by atoms with Crippen molar-refractivity contribution in [3.8, 4) is 0 Å². The fourth-order valence-electron chi connectivity index (χ4n) is 6.79. The average molecular weight is 304 g/mol. The number of rotatable bonds is 0. The first-order valence-electron chi connectivity index (χ1n) is 9.10. The van der Waals surface area contributed by atoms with E-state index < -0.39 is 0 Å². The van der Waals surface area contributed by atoms with Crippen LogP contribution in [0, 0.1) is 34.5 Å². The quantitative estimate of drug-likeness (QED) is 0.748. The predicted molar refractivity (Wildman–Crippen MR) is 83.1 cm³/mol. The SMILES string of the molecule is C[C@]12CC[C@@H](O)C[C@@H]1C(=O)C[C@@H]1[C@@H]2CC[C@]2(C)C(=O)CC[C@@H]12. The van der Waals surface area contributed by atoms with E-state index in [2.05, 4.69) is 13.8 Å². The van der Waals surface area contributed by atoms with E-state index in [9.17, 15) is 14.7 Å². The van der Waals surface area contributed by atoms with Crippen LogP contribution < -0.4 is 0 Å². The molecule has 1 N–H and O–H groups in total. The lowest BCUT2D eigenvalue weighted by Crippen LogP contribution is -2.57. The van der Waals surface area contributed by atoms with Gasteiger partial charge in [-0.1, -0.05) is 13.8 Å². The third-order valence-electron chi connectivity index (χ3n) is 8.14. The van der Waals surface area contributed by atoms with Crippen molar-refractivity contribution >= 4 is 11.6 Å². The van der Waals surface area contributed by atoms with Crippen LogP contribution in [0.1, 0.15) is 65.2 Å². The van der Waals surface area contributed by atoms with E-state index in [1.165, 1.54) is 0 Å². The van der Waals surface area contributed by atoms with Gasteiger partial charge >= 0.3 is 0 Å². The van der Waals surface area contributed by atoms with Crippen LogP contribution in [0.5, 0.6) is 0 Å². The summed E-state index contributed by atoms with van der Waals surface area (Å²) in [5, 5.41) is 10.0. The van der Waals surface area contributed by atoms with Gasteiger partial charge in [0, 0.05) is 24.2 Å². The molecule has 0 aromatic carbocycles. The first-order chi connectivity index (χ1) is 10.4. The van der Waals surface area contributed by atoms with Crippen LogP contribution in [0.25, 0.3) is 0 Å². The first-order valence-corrected chi connectivity index (χ1v) is 9.10. The molecule has 122 valence electrons. The molecule has 3 heteroatoms. The number of ketones is 2. The monoisotopic (exact) mass is 304 g/mol. The lowest BCUT2D eigenvalue weighted by molar-refractivity contribution is -0.160. The van der Waals surface area contributed by atoms with Gasteiger partial charge < -0.3 is 5.11 Å². The van der Waals surface area contributed by atoms with Crippen molar-refractivity contribution < 1.29 is 14.7 Å². The lowest BCUT2D eigenvalue weighted by Gasteiger charge is -2.59. The maximum Gasteiger partial charge on any atom is 0.139 e. The second kappa shape index (κ2) is 4.66. The highest BCUT2D eigenvalue weighted by atomic mass is 16.3. The van der Waals surface area contributed by atoms with Crippen LogP contribution in [-0.2, 0) is 9.59 Å². The standard InChI is InChI=1S/C19H28O3/c1-18-7-5-11(20)9-15(18)16(21)10-12-13-3-4-17(22)19(13,2)8-6-14(12)18/h11-15,20H,3-10H2,1-2H3/t11-,12+,13+,14+,15-,18-,19+/m1/s1. The van der Waals surface area contributed by atoms with E-state index in [4.69, 9.17) is 0 Å². The number of carbonyl (C=O) groups is 2. The van der Waals surface area contributed by atoms with Gasteiger partial charge in [0.2, 0.25) is 0 Å². The van der Waals surface area contributed by atoms with E-state index >= 15 is 0 Å². The van der Waals surface area contributed by atoms with Crippen LogP contribution in [0.3, 0.4) is 0 Å². The van der Waals surface area contributed by atoms with Crippen LogP contribution >= 0.6 is 0 Å². The van der Waals surface area contributed by atoms with Gasteiger partial charge in [-0.05, 0) is 61.7 Å². The van der Waals surface area contributed by atoms with Gasteiger partial charge in [0.25, 0.3) is 0 Å². The van der Waals surface area contributed by atoms with E-state index in [1.807, 2.05) is 0 Å². The molecule has 0 bridgehead atoms. The molecule has 0 unspecified atom stereocenters. The molecule has 22 heavy (non-hydrogen) atoms. The van der Waals surface area contributed by atoms with Crippen molar-refractivity contribution in [2.45, 2.75) is 71.3 Å². The van der Waals surface area contributed by atoms with Gasteiger partial charge in [-0.2, -0.15) is 0 Å². The molecular formula is C19H28O3. The second-order valence-electron chi connectivity index (χ2n) is 8.95. The van der Waals surface area contributed by atoms with E-state index in [1.54, 1.807) is 0 Å². The Morgan fingerprint density at radius 2 is 1.82 bits per heavy atom. The Hall–Kier alpha value is -0.700. The highest BCUT2D eigenvalue weighted by Gasteiger charge is 2.62. The van der Waals surface area contributed by atoms with Gasteiger partial charge in [0.05, 0.1) is 6.10 Å². The molecule has 0 amide bonds. The summed E-state index contributed by atoms with van der Waals surface area (Å²) in [6, 6.07) is 0. The minimum atomic E-state index is -0.291. The van der Waals surface area contributed by atoms with Crippen molar-refractivity contribution in [3.05, 3.63) is 0 Å². The fourth-order valence-corrected chi connectivity index (χ4v) is 6.79. The normalized spacial score (nSPS) is 54.6. The Bertz CT molecular complexity index is 527. The van der Waals surface area contributed by atoms with Crippen molar-refractivity contribution in [1.82, 2.24) is 0 Å². The van der Waals surface area contributed by atoms with Crippen LogP contribution in [0.15, 0.2) is 0 Å². The Labute approximate surface area is 132 Å². The zero-order valence-corrected chi connectivity index (χ0v) is 13.8. The number of hydrogen-bond acceptors (Lipinski definition) is 3. The van der Waals surface area contributed by atoms with Gasteiger partial charge in [-0.25, -0.2) is 0 Å². The molecule has 4 saturated carbocycles. The fraction of sp³-hybridized carbons (Fsp3) is 0.895. The summed E-state index contributed by atoms with van der Waals surface area (Å²) >= 11 is 0. The minimum Gasteiger partial charge on any atom is -0.393 e. The summed E-state index contributed by atoms with van der Waals surface area (Å²) < 4.78 is 0. The van der Waals surface area contributed by atoms with Gasteiger partial charge in [-0.15, -0.1) is 0 Å². The molecule has 7 atom stereocenters. The Morgan fingerprint density at radius 1 is 1.05 bits per heavy atom. The number of aliphatic hydroxyl groups is 1. The summed E-state index contributed by atoms with van der Waals surface area (Å²) in [4.78, 5) is 25.2. The average Bonchev–Trinajstić information content (AvgIpc) is 2.77. The third-order valence-corrected chi connectivity index (χ3v) is 8.14. The number of aliphatic hydroxyl groups excluding tert-OH is 1. The molecule has 0 saturated heterocycles. The van der Waals surface area contributed by atoms with Crippen molar-refractivity contribution in [2.24, 2.45) is 34.5 Å². The number of carbonyl (C=O) groups excluding carboxylic acids is 2. The maximum absolute atomic E-state index is 12.8. The second-order valence-corrected chi connectivity index (χ2v) is 8.95. The summed E-state index contributed by atoms with van der Waals surface area (Å²) in [6.07, 6.45) is 6.67. The Balaban J connectivity index is 1.69. The maximum atomic E-state index is 12.8. The molecule has 4 aliphatic rings. The Kier molecular flexibility index (Phi) is 3.15. The highest BCUT2D eigenvalue weighted by molar-refractivity contribution is 5.88. The summed E-state index contributed by atoms with van der Waals surface area (Å²) in [5.74, 6) is 2.27. The first kappa shape index (κ1) is 14.9. The van der Waals surface area contributed by atoms with Crippen molar-refractivity contribution in [1.29, 1.82) is 0 Å². The van der Waals surface area contributed by atoms with E-state index in [-0.39, 0.29) is 22.9 Å². The highest BCUT2D eigenvalue weighted by Crippen LogP contribution is 2.64. The smallest absolute Gasteiger partial charge is 0.139 e. The predicted octanol–water partition coefficient (Wildman–Crippen LogP) is 3.14. The Morgan fingerprint density at radius 3 is 2.59 bits per heavy atom. The molecule has 4 aliphatic carbocycles. The van der Waals surface area contributed by atoms with E-state index in [0.29, 0.717) is 42.2 Å². The largest absolute Gasteiger partial charge is 0.393 e. The van der Waals surface area contributed by atoms with Crippen molar-refractivity contribution in [2.75, 3.05) is 0 Å². The zero-order chi connectivity index (χ0) is 15.7. The molecule has 0 heterocycles. The summed E-state index contributed by atoms with van der Waals surface area (Å²) in [6.45, 7) is 4.46. The number of hydrogen-bond donors (Lipinski definition) is 1. The lowest BCUT2D eigenvalue weighted by atomic mass is 9.45. The molecule has 4 fully saturated rings. The van der Waals surface area contributed by atoms with Gasteiger partial charge in [-0.3, -0.25) is 9.59 Å².